The van der Waals surface area contributed by atoms with Crippen molar-refractivity contribution in [2.24, 2.45) is 0 Å². The molecule has 0 amide bonds. The lowest BCUT2D eigenvalue weighted by atomic mass is 10.1. The van der Waals surface area contributed by atoms with E-state index < -0.39 is 0 Å². The molecule has 2 heterocycles. The van der Waals surface area contributed by atoms with Crippen molar-refractivity contribution in [1.82, 2.24) is 9.97 Å². The summed E-state index contributed by atoms with van der Waals surface area (Å²) in [4.78, 5) is 7.90. The molecule has 0 saturated heterocycles. The van der Waals surface area contributed by atoms with Crippen molar-refractivity contribution in [3.63, 3.8) is 0 Å². The highest BCUT2D eigenvalue weighted by Gasteiger charge is 2.08. The number of aromatic nitrogens is 2. The number of halogens is 1. The van der Waals surface area contributed by atoms with Gasteiger partial charge in [-0.1, -0.05) is 34.1 Å². The zero-order valence-corrected chi connectivity index (χ0v) is 11.0. The first-order valence-corrected chi connectivity index (χ1v) is 6.57. The number of rotatable bonds is 0. The van der Waals surface area contributed by atoms with Crippen molar-refractivity contribution in [3.05, 3.63) is 53.1 Å². The minimum atomic E-state index is 1.03. The summed E-state index contributed by atoms with van der Waals surface area (Å²) < 4.78 is 1.09. The molecule has 0 spiro atoms. The fourth-order valence-electron chi connectivity index (χ4n) is 2.50. The van der Waals surface area contributed by atoms with E-state index in [1.165, 1.54) is 16.2 Å². The van der Waals surface area contributed by atoms with Gasteiger partial charge in [-0.25, -0.2) is 0 Å². The largest absolute Gasteiger partial charge is 0.353 e. The number of H-pyrrole nitrogens is 1. The zero-order valence-electron chi connectivity index (χ0n) is 9.44. The zero-order chi connectivity index (χ0) is 12.1. The van der Waals surface area contributed by atoms with E-state index in [4.69, 9.17) is 0 Å². The van der Waals surface area contributed by atoms with Gasteiger partial charge in [-0.3, -0.25) is 4.98 Å². The Labute approximate surface area is 112 Å². The molecule has 0 unspecified atom stereocenters. The van der Waals surface area contributed by atoms with Gasteiger partial charge >= 0.3 is 0 Å². The topological polar surface area (TPSA) is 28.7 Å². The molecular formula is C15H9BrN2. The summed E-state index contributed by atoms with van der Waals surface area (Å²) in [5, 5.41) is 3.68. The first kappa shape index (κ1) is 10.1. The summed E-state index contributed by atoms with van der Waals surface area (Å²) in [5.74, 6) is 0. The van der Waals surface area contributed by atoms with Crippen LogP contribution in [0, 0.1) is 0 Å². The minimum Gasteiger partial charge on any atom is -0.353 e. The van der Waals surface area contributed by atoms with E-state index >= 15 is 0 Å². The van der Waals surface area contributed by atoms with E-state index in [1.807, 2.05) is 24.4 Å². The summed E-state index contributed by atoms with van der Waals surface area (Å²) in [6.45, 7) is 0. The summed E-state index contributed by atoms with van der Waals surface area (Å²) in [7, 11) is 0. The molecule has 3 heteroatoms. The van der Waals surface area contributed by atoms with Crippen LogP contribution < -0.4 is 0 Å². The third-order valence-corrected chi connectivity index (χ3v) is 3.79. The molecule has 0 fully saturated rings. The van der Waals surface area contributed by atoms with Gasteiger partial charge in [0.05, 0.1) is 17.2 Å². The van der Waals surface area contributed by atoms with Gasteiger partial charge in [0.1, 0.15) is 0 Å². The molecule has 0 bridgehead atoms. The summed E-state index contributed by atoms with van der Waals surface area (Å²) >= 11 is 3.54. The van der Waals surface area contributed by atoms with Crippen LogP contribution in [0.15, 0.2) is 53.1 Å². The maximum Gasteiger partial charge on any atom is 0.0709 e. The lowest BCUT2D eigenvalue weighted by molar-refractivity contribution is 1.41. The van der Waals surface area contributed by atoms with Crippen molar-refractivity contribution >= 4 is 48.6 Å². The fourth-order valence-corrected chi connectivity index (χ4v) is 2.86. The Morgan fingerprint density at radius 2 is 1.83 bits per heavy atom. The Morgan fingerprint density at radius 3 is 2.78 bits per heavy atom. The van der Waals surface area contributed by atoms with Gasteiger partial charge in [-0.05, 0) is 24.3 Å². The molecule has 2 aromatic carbocycles. The molecule has 2 aromatic heterocycles. The van der Waals surface area contributed by atoms with Crippen LogP contribution in [-0.2, 0) is 0 Å². The number of pyridine rings is 1. The van der Waals surface area contributed by atoms with Gasteiger partial charge in [-0.2, -0.15) is 0 Å². The maximum atomic E-state index is 4.48. The number of hydrogen-bond acceptors (Lipinski definition) is 1. The lowest BCUT2D eigenvalue weighted by Gasteiger charge is -1.99. The Morgan fingerprint density at radius 1 is 0.944 bits per heavy atom. The first-order chi connectivity index (χ1) is 8.83. The van der Waals surface area contributed by atoms with Gasteiger partial charge < -0.3 is 4.98 Å². The lowest BCUT2D eigenvalue weighted by Crippen LogP contribution is -1.78. The number of fused-ring (bicyclic) bond motifs is 5. The molecule has 0 radical (unpaired) electrons. The second-order valence-electron chi connectivity index (χ2n) is 4.38. The van der Waals surface area contributed by atoms with E-state index in [2.05, 4.69) is 50.2 Å². The Kier molecular flexibility index (Phi) is 2.00. The molecule has 18 heavy (non-hydrogen) atoms. The number of hydrogen-bond donors (Lipinski definition) is 1. The Hall–Kier alpha value is -1.87. The molecule has 4 aromatic rings. The second kappa shape index (κ2) is 3.56. The van der Waals surface area contributed by atoms with Crippen molar-refractivity contribution < 1.29 is 0 Å². The standard InChI is InChI=1S/C15H9BrN2/c16-9-5-6-13-11(7-9)15-10-3-1-2-4-12(10)17-8-14(15)18-13/h1-8,18H. The Balaban J connectivity index is 2.35. The molecule has 0 aliphatic carbocycles. The normalized spacial score (nSPS) is 11.6. The highest BCUT2D eigenvalue weighted by atomic mass is 79.9. The highest BCUT2D eigenvalue weighted by molar-refractivity contribution is 9.10. The van der Waals surface area contributed by atoms with Crippen molar-refractivity contribution in [1.29, 1.82) is 0 Å². The van der Waals surface area contributed by atoms with Crippen LogP contribution in [0.2, 0.25) is 0 Å². The number of aromatic amines is 1. The van der Waals surface area contributed by atoms with Crippen LogP contribution >= 0.6 is 15.9 Å². The van der Waals surface area contributed by atoms with E-state index in [-0.39, 0.29) is 0 Å². The second-order valence-corrected chi connectivity index (χ2v) is 5.29. The van der Waals surface area contributed by atoms with E-state index in [0.717, 1.165) is 21.0 Å². The maximum absolute atomic E-state index is 4.48. The third kappa shape index (κ3) is 1.31. The van der Waals surface area contributed by atoms with Crippen LogP contribution in [0.1, 0.15) is 0 Å². The Bertz CT molecular complexity index is 893. The molecule has 0 saturated carbocycles. The van der Waals surface area contributed by atoms with E-state index in [1.54, 1.807) is 0 Å². The highest BCUT2D eigenvalue weighted by Crippen LogP contribution is 2.32. The predicted molar refractivity (Wildman–Crippen MR) is 78.8 cm³/mol. The predicted octanol–water partition coefficient (Wildman–Crippen LogP) is 4.63. The summed E-state index contributed by atoms with van der Waals surface area (Å²) in [6.07, 6.45) is 1.91. The number of benzene rings is 2. The summed E-state index contributed by atoms with van der Waals surface area (Å²) in [5.41, 5.74) is 3.26. The van der Waals surface area contributed by atoms with Crippen LogP contribution in [0.5, 0.6) is 0 Å². The molecule has 0 aliphatic heterocycles. The average Bonchev–Trinajstić information content (AvgIpc) is 2.77. The van der Waals surface area contributed by atoms with Gasteiger partial charge in [-0.15, -0.1) is 0 Å². The molecule has 0 atom stereocenters. The van der Waals surface area contributed by atoms with Gasteiger partial charge in [0.15, 0.2) is 0 Å². The van der Waals surface area contributed by atoms with Crippen molar-refractivity contribution in [2.75, 3.05) is 0 Å². The fraction of sp³-hybridized carbons (Fsp3) is 0. The molecule has 0 aliphatic rings. The van der Waals surface area contributed by atoms with Crippen molar-refractivity contribution in [2.45, 2.75) is 0 Å². The van der Waals surface area contributed by atoms with E-state index in [0.29, 0.717) is 0 Å². The SMILES string of the molecule is Brc1ccc2[nH]c3cnc4ccccc4c3c2c1. The van der Waals surface area contributed by atoms with Gasteiger partial charge in [0.25, 0.3) is 0 Å². The molecule has 86 valence electrons. The number of para-hydroxylation sites is 1. The van der Waals surface area contributed by atoms with Crippen LogP contribution in [-0.4, -0.2) is 9.97 Å². The number of nitrogens with zero attached hydrogens (tertiary/aromatic N) is 1. The van der Waals surface area contributed by atoms with Gasteiger partial charge in [0.2, 0.25) is 0 Å². The smallest absolute Gasteiger partial charge is 0.0709 e. The molecular weight excluding hydrogens is 288 g/mol. The van der Waals surface area contributed by atoms with Crippen LogP contribution in [0.25, 0.3) is 32.7 Å². The molecule has 4 rings (SSSR count). The van der Waals surface area contributed by atoms with E-state index in [9.17, 15) is 0 Å². The number of nitrogens with one attached hydrogen (secondary N) is 1. The third-order valence-electron chi connectivity index (χ3n) is 3.30. The summed E-state index contributed by atoms with van der Waals surface area (Å²) in [6, 6.07) is 14.5. The molecule has 2 nitrogen and oxygen atoms in total. The van der Waals surface area contributed by atoms with Crippen LogP contribution in [0.3, 0.4) is 0 Å². The van der Waals surface area contributed by atoms with Crippen LogP contribution in [0.4, 0.5) is 0 Å². The first-order valence-electron chi connectivity index (χ1n) is 5.77. The average molecular weight is 297 g/mol. The minimum absolute atomic E-state index is 1.03. The van der Waals surface area contributed by atoms with Crippen molar-refractivity contribution in [3.8, 4) is 0 Å². The monoisotopic (exact) mass is 296 g/mol. The van der Waals surface area contributed by atoms with Gasteiger partial charge in [0, 0.05) is 26.1 Å². The molecule has 1 N–H and O–H groups in total. The quantitative estimate of drug-likeness (QED) is 0.503.